The van der Waals surface area contributed by atoms with Gasteiger partial charge in [0.25, 0.3) is 0 Å². The van der Waals surface area contributed by atoms with Crippen molar-refractivity contribution in [1.29, 1.82) is 0 Å². The summed E-state index contributed by atoms with van der Waals surface area (Å²) < 4.78 is 12.8. The Kier molecular flexibility index (Phi) is 7.19. The van der Waals surface area contributed by atoms with Crippen LogP contribution in [-0.4, -0.2) is 28.3 Å². The first-order valence-electron chi connectivity index (χ1n) is 11.5. The molecule has 5 rings (SSSR count). The van der Waals surface area contributed by atoms with Crippen molar-refractivity contribution in [2.75, 3.05) is 12.9 Å². The van der Waals surface area contributed by atoms with Crippen LogP contribution < -0.4 is 10.1 Å². The van der Waals surface area contributed by atoms with E-state index in [0.717, 1.165) is 39.1 Å². The van der Waals surface area contributed by atoms with Gasteiger partial charge in [0.15, 0.2) is 5.16 Å². The summed E-state index contributed by atoms with van der Waals surface area (Å²) in [5.74, 6) is 1.61. The third-order valence-corrected chi connectivity index (χ3v) is 6.58. The van der Waals surface area contributed by atoms with Crippen molar-refractivity contribution < 1.29 is 13.9 Å². The highest BCUT2D eigenvalue weighted by atomic mass is 32.2. The number of aromatic nitrogens is 2. The molecule has 2 heterocycles. The van der Waals surface area contributed by atoms with Crippen LogP contribution in [0.5, 0.6) is 5.75 Å². The van der Waals surface area contributed by atoms with E-state index in [0.29, 0.717) is 12.3 Å². The molecule has 0 saturated carbocycles. The van der Waals surface area contributed by atoms with Crippen molar-refractivity contribution in [3.8, 4) is 34.0 Å². The number of carbonyl (C=O) groups excluding carboxylic acids is 1. The minimum atomic E-state index is -0.0943. The number of ether oxygens (including phenoxy) is 1. The van der Waals surface area contributed by atoms with E-state index in [4.69, 9.17) is 14.1 Å². The molecule has 0 saturated heterocycles. The fourth-order valence-electron chi connectivity index (χ4n) is 3.91. The Labute approximate surface area is 214 Å². The lowest BCUT2D eigenvalue weighted by Gasteiger charge is -2.14. The highest BCUT2D eigenvalue weighted by molar-refractivity contribution is 7.99. The first-order chi connectivity index (χ1) is 17.7. The quantitative estimate of drug-likeness (QED) is 0.246. The van der Waals surface area contributed by atoms with Crippen LogP contribution in [0.15, 0.2) is 113 Å². The second kappa shape index (κ2) is 11.0. The van der Waals surface area contributed by atoms with Crippen LogP contribution in [0.4, 0.5) is 0 Å². The van der Waals surface area contributed by atoms with E-state index in [9.17, 15) is 4.79 Å². The molecular formula is C29H25N3O3S. The normalized spacial score (nSPS) is 10.8. The van der Waals surface area contributed by atoms with E-state index >= 15 is 0 Å². The maximum atomic E-state index is 12.6. The summed E-state index contributed by atoms with van der Waals surface area (Å²) in [5.41, 5.74) is 4.80. The van der Waals surface area contributed by atoms with Gasteiger partial charge in [0, 0.05) is 16.8 Å². The number of carbonyl (C=O) groups is 1. The van der Waals surface area contributed by atoms with Crippen molar-refractivity contribution in [2.24, 2.45) is 0 Å². The Balaban J connectivity index is 1.56. The van der Waals surface area contributed by atoms with E-state index in [2.05, 4.69) is 34.1 Å². The summed E-state index contributed by atoms with van der Waals surface area (Å²) >= 11 is 1.40. The number of hydrogen-bond donors (Lipinski definition) is 1. The van der Waals surface area contributed by atoms with Crippen LogP contribution >= 0.6 is 11.8 Å². The van der Waals surface area contributed by atoms with Crippen LogP contribution in [0.1, 0.15) is 5.76 Å². The van der Waals surface area contributed by atoms with E-state index in [1.165, 1.54) is 11.8 Å². The lowest BCUT2D eigenvalue weighted by Crippen LogP contribution is -2.24. The summed E-state index contributed by atoms with van der Waals surface area (Å²) in [6.07, 6.45) is 1.60. The average Bonchev–Trinajstić information content (AvgIpc) is 3.60. The topological polar surface area (TPSA) is 69.3 Å². The number of thioether (sulfide) groups is 1. The minimum Gasteiger partial charge on any atom is -0.497 e. The third kappa shape index (κ3) is 5.21. The Morgan fingerprint density at radius 3 is 2.25 bits per heavy atom. The summed E-state index contributed by atoms with van der Waals surface area (Å²) in [5, 5.41) is 3.64. The van der Waals surface area contributed by atoms with Crippen LogP contribution in [0.3, 0.4) is 0 Å². The molecule has 3 aromatic carbocycles. The van der Waals surface area contributed by atoms with E-state index in [-0.39, 0.29) is 11.7 Å². The van der Waals surface area contributed by atoms with Gasteiger partial charge in [-0.15, -0.1) is 0 Å². The molecule has 0 fully saturated rings. The monoisotopic (exact) mass is 495 g/mol. The van der Waals surface area contributed by atoms with Crippen LogP contribution in [-0.2, 0) is 11.3 Å². The highest BCUT2D eigenvalue weighted by Gasteiger charge is 2.22. The second-order valence-electron chi connectivity index (χ2n) is 8.00. The van der Waals surface area contributed by atoms with Crippen molar-refractivity contribution >= 4 is 17.7 Å². The predicted octanol–water partition coefficient (Wildman–Crippen LogP) is 6.22. The molecule has 2 aromatic heterocycles. The van der Waals surface area contributed by atoms with E-state index in [1.54, 1.807) is 19.4 Å². The molecule has 1 N–H and O–H groups in total. The zero-order valence-corrected chi connectivity index (χ0v) is 20.6. The number of methoxy groups -OCH3 is 1. The molecule has 0 atom stereocenters. The van der Waals surface area contributed by atoms with Gasteiger partial charge in [-0.05, 0) is 36.4 Å². The second-order valence-corrected chi connectivity index (χ2v) is 8.94. The highest BCUT2D eigenvalue weighted by Crippen LogP contribution is 2.38. The van der Waals surface area contributed by atoms with Gasteiger partial charge in [-0.25, -0.2) is 4.98 Å². The van der Waals surface area contributed by atoms with Crippen LogP contribution in [0.2, 0.25) is 0 Å². The van der Waals surface area contributed by atoms with Crippen molar-refractivity contribution in [2.45, 2.75) is 11.7 Å². The zero-order chi connectivity index (χ0) is 24.7. The maximum absolute atomic E-state index is 12.6. The number of nitrogens with one attached hydrogen (secondary N) is 1. The molecule has 1 amide bonds. The fraction of sp³-hybridized carbons (Fsp3) is 0.103. The molecule has 0 spiro atoms. The molecule has 5 aromatic rings. The van der Waals surface area contributed by atoms with Gasteiger partial charge in [0.1, 0.15) is 11.5 Å². The molecule has 36 heavy (non-hydrogen) atoms. The SMILES string of the molecule is COc1ccc(-n2c(SCC(=O)NCc3ccco3)nc(-c3ccccc3)c2-c2ccccc2)cc1. The molecule has 180 valence electrons. The van der Waals surface area contributed by atoms with Gasteiger partial charge < -0.3 is 14.5 Å². The Hall–Kier alpha value is -4.23. The molecule has 0 aliphatic carbocycles. The summed E-state index contributed by atoms with van der Waals surface area (Å²) in [6, 6.07) is 31.8. The molecule has 6 nitrogen and oxygen atoms in total. The molecule has 7 heteroatoms. The first kappa shape index (κ1) is 23.5. The largest absolute Gasteiger partial charge is 0.497 e. The third-order valence-electron chi connectivity index (χ3n) is 5.64. The van der Waals surface area contributed by atoms with Gasteiger partial charge in [0.2, 0.25) is 5.91 Å². The number of nitrogens with zero attached hydrogens (tertiary/aromatic N) is 2. The smallest absolute Gasteiger partial charge is 0.230 e. The first-order valence-corrected chi connectivity index (χ1v) is 12.5. The van der Waals surface area contributed by atoms with Crippen molar-refractivity contribution in [3.05, 3.63) is 109 Å². The van der Waals surface area contributed by atoms with Gasteiger partial charge in [-0.3, -0.25) is 9.36 Å². The number of furan rings is 1. The standard InChI is InChI=1S/C29H25N3O3S/c1-34-24-16-14-23(15-17-24)32-28(22-11-6-3-7-12-22)27(21-9-4-2-5-10-21)31-29(32)36-20-26(33)30-19-25-13-8-18-35-25/h2-18H,19-20H2,1H3,(H,30,33). The molecule has 0 bridgehead atoms. The number of hydrogen-bond acceptors (Lipinski definition) is 5. The van der Waals surface area contributed by atoms with Gasteiger partial charge in [-0.1, -0.05) is 72.4 Å². The number of amides is 1. The number of imidazole rings is 1. The number of benzene rings is 3. The number of rotatable bonds is 9. The fourth-order valence-corrected chi connectivity index (χ4v) is 4.75. The van der Waals surface area contributed by atoms with Crippen molar-refractivity contribution in [1.82, 2.24) is 14.9 Å². The Morgan fingerprint density at radius 1 is 0.917 bits per heavy atom. The zero-order valence-electron chi connectivity index (χ0n) is 19.8. The van der Waals surface area contributed by atoms with Gasteiger partial charge in [0.05, 0.1) is 37.1 Å². The van der Waals surface area contributed by atoms with Crippen LogP contribution in [0, 0.1) is 0 Å². The summed E-state index contributed by atoms with van der Waals surface area (Å²) in [7, 11) is 1.65. The maximum Gasteiger partial charge on any atom is 0.230 e. The van der Waals surface area contributed by atoms with E-state index < -0.39 is 0 Å². The Bertz CT molecular complexity index is 1410. The molecule has 0 radical (unpaired) electrons. The van der Waals surface area contributed by atoms with Crippen molar-refractivity contribution in [3.63, 3.8) is 0 Å². The molecular weight excluding hydrogens is 470 g/mol. The molecule has 0 aliphatic rings. The Morgan fingerprint density at radius 2 is 1.61 bits per heavy atom. The predicted molar refractivity (Wildman–Crippen MR) is 142 cm³/mol. The molecule has 0 unspecified atom stereocenters. The summed E-state index contributed by atoms with van der Waals surface area (Å²) in [4.78, 5) is 17.7. The van der Waals surface area contributed by atoms with Crippen LogP contribution in [0.25, 0.3) is 28.2 Å². The minimum absolute atomic E-state index is 0.0943. The average molecular weight is 496 g/mol. The molecule has 0 aliphatic heterocycles. The lowest BCUT2D eigenvalue weighted by atomic mass is 10.0. The van der Waals surface area contributed by atoms with Gasteiger partial charge >= 0.3 is 0 Å². The van der Waals surface area contributed by atoms with E-state index in [1.807, 2.05) is 66.7 Å². The summed E-state index contributed by atoms with van der Waals surface area (Å²) in [6.45, 7) is 0.351. The van der Waals surface area contributed by atoms with Gasteiger partial charge in [-0.2, -0.15) is 0 Å². The lowest BCUT2D eigenvalue weighted by molar-refractivity contribution is -0.118.